The van der Waals surface area contributed by atoms with E-state index < -0.39 is 0 Å². The van der Waals surface area contributed by atoms with Crippen LogP contribution in [0.5, 0.6) is 0 Å². The largest absolute Gasteiger partial charge is 0.466 e. The summed E-state index contributed by atoms with van der Waals surface area (Å²) in [5.41, 5.74) is 5.37. The lowest BCUT2D eigenvalue weighted by Gasteiger charge is -2.48. The zero-order valence-electron chi connectivity index (χ0n) is 14.4. The van der Waals surface area contributed by atoms with Gasteiger partial charge in [-0.05, 0) is 43.5 Å². The Morgan fingerprint density at radius 3 is 3.08 bits per heavy atom. The lowest BCUT2D eigenvalue weighted by molar-refractivity contribution is -0.137. The number of methoxy groups -OCH3 is 1. The molecule has 130 valence electrons. The summed E-state index contributed by atoms with van der Waals surface area (Å²) >= 11 is 6.33. The van der Waals surface area contributed by atoms with Crippen molar-refractivity contribution >= 4 is 23.3 Å². The average Bonchev–Trinajstić information content (AvgIpc) is 3.17. The van der Waals surface area contributed by atoms with Crippen LogP contribution in [0.2, 0.25) is 5.02 Å². The van der Waals surface area contributed by atoms with E-state index >= 15 is 0 Å². The minimum Gasteiger partial charge on any atom is -0.466 e. The molecule has 5 rings (SSSR count). The van der Waals surface area contributed by atoms with Crippen LogP contribution >= 0.6 is 11.6 Å². The van der Waals surface area contributed by atoms with E-state index in [9.17, 15) is 4.79 Å². The highest BCUT2D eigenvalue weighted by Crippen LogP contribution is 2.61. The number of ether oxygens (including phenoxy) is 1. The Labute approximate surface area is 152 Å². The molecule has 1 aliphatic carbocycles. The summed E-state index contributed by atoms with van der Waals surface area (Å²) in [6.07, 6.45) is 4.16. The highest BCUT2D eigenvalue weighted by atomic mass is 35.5. The molecule has 2 fully saturated rings. The lowest BCUT2D eigenvalue weighted by Crippen LogP contribution is -2.53. The monoisotopic (exact) mass is 356 g/mol. The summed E-state index contributed by atoms with van der Waals surface area (Å²) in [7, 11) is 1.48. The second-order valence-corrected chi connectivity index (χ2v) is 7.89. The van der Waals surface area contributed by atoms with Crippen LogP contribution in [-0.4, -0.2) is 37.1 Å². The fourth-order valence-electron chi connectivity index (χ4n) is 5.63. The van der Waals surface area contributed by atoms with E-state index in [-0.39, 0.29) is 17.3 Å². The topological polar surface area (TPSA) is 41.6 Å². The summed E-state index contributed by atoms with van der Waals surface area (Å²) in [5, 5.41) is 4.34. The molecule has 5 heteroatoms. The zero-order chi connectivity index (χ0) is 17.3. The van der Waals surface area contributed by atoms with E-state index in [1.54, 1.807) is 0 Å². The van der Waals surface area contributed by atoms with Crippen LogP contribution < -0.4 is 5.32 Å². The minimum absolute atomic E-state index is 0.150. The molecule has 0 amide bonds. The summed E-state index contributed by atoms with van der Waals surface area (Å²) < 4.78 is 5.20. The number of anilines is 1. The number of carbonyl (C=O) groups is 1. The molecule has 3 heterocycles. The summed E-state index contributed by atoms with van der Waals surface area (Å²) in [4.78, 5) is 15.4. The Morgan fingerprint density at radius 2 is 2.32 bits per heavy atom. The quantitative estimate of drug-likeness (QED) is 0.618. The molecule has 1 N–H and O–H groups in total. The van der Waals surface area contributed by atoms with Crippen molar-refractivity contribution in [2.45, 2.75) is 31.2 Å². The van der Waals surface area contributed by atoms with Gasteiger partial charge in [-0.1, -0.05) is 23.3 Å². The molecule has 1 aromatic rings. The SMILES string of the molecule is C/C=C1/CN2CC[C@]34C(=C(C(=O)OC)C1C[C@H]23)Nc1ccc(Cl)cc14. The number of halogens is 1. The molecule has 1 unspecified atom stereocenters. The summed E-state index contributed by atoms with van der Waals surface area (Å²) in [5.74, 6) is -0.0545. The van der Waals surface area contributed by atoms with Gasteiger partial charge in [0.1, 0.15) is 0 Å². The van der Waals surface area contributed by atoms with Crippen molar-refractivity contribution in [1.29, 1.82) is 0 Å². The number of fused-ring (bicyclic) bond motifs is 2. The Kier molecular flexibility index (Phi) is 3.17. The number of carbonyl (C=O) groups excluding carboxylic acids is 1. The molecule has 0 radical (unpaired) electrons. The third-order valence-electron chi connectivity index (χ3n) is 6.66. The standard InChI is InChI=1S/C20H21ClN2O2/c1-3-11-10-23-7-6-20-14-8-12(21)4-5-15(14)22-18(20)17(19(24)25-2)13(11)9-16(20)23/h3-5,8,13,16,22H,6-7,9-10H2,1-2H3/b11-3-/t13?,16-,20+/m0/s1. The molecular formula is C20H21ClN2O2. The normalized spacial score (nSPS) is 34.0. The van der Waals surface area contributed by atoms with Gasteiger partial charge in [0.15, 0.2) is 0 Å². The van der Waals surface area contributed by atoms with Crippen LogP contribution in [0.25, 0.3) is 0 Å². The minimum atomic E-state index is -0.205. The van der Waals surface area contributed by atoms with Gasteiger partial charge in [0.25, 0.3) is 0 Å². The number of benzene rings is 1. The number of piperidine rings is 1. The van der Waals surface area contributed by atoms with Gasteiger partial charge in [-0.25, -0.2) is 4.79 Å². The lowest BCUT2D eigenvalue weighted by atomic mass is 9.62. The van der Waals surface area contributed by atoms with Crippen LogP contribution in [0, 0.1) is 5.92 Å². The Balaban J connectivity index is 1.82. The molecule has 1 aromatic carbocycles. The Hall–Kier alpha value is -1.78. The maximum atomic E-state index is 12.8. The van der Waals surface area contributed by atoms with Crippen LogP contribution in [-0.2, 0) is 14.9 Å². The van der Waals surface area contributed by atoms with Gasteiger partial charge in [0.05, 0.1) is 18.1 Å². The summed E-state index contributed by atoms with van der Waals surface area (Å²) in [6, 6.07) is 6.45. The van der Waals surface area contributed by atoms with Crippen molar-refractivity contribution in [3.63, 3.8) is 0 Å². The fourth-order valence-corrected chi connectivity index (χ4v) is 5.80. The first-order valence-electron chi connectivity index (χ1n) is 8.89. The number of esters is 1. The number of hydrogen-bond donors (Lipinski definition) is 1. The van der Waals surface area contributed by atoms with Gasteiger partial charge in [-0.2, -0.15) is 0 Å². The van der Waals surface area contributed by atoms with Gasteiger partial charge in [-0.3, -0.25) is 4.90 Å². The smallest absolute Gasteiger partial charge is 0.336 e. The van der Waals surface area contributed by atoms with Gasteiger partial charge in [0, 0.05) is 41.5 Å². The maximum absolute atomic E-state index is 12.8. The molecule has 3 atom stereocenters. The second kappa shape index (κ2) is 5.12. The molecular weight excluding hydrogens is 336 g/mol. The predicted octanol–water partition coefficient (Wildman–Crippen LogP) is 3.48. The third kappa shape index (κ3) is 1.79. The highest BCUT2D eigenvalue weighted by molar-refractivity contribution is 6.30. The first kappa shape index (κ1) is 15.5. The molecule has 4 nitrogen and oxygen atoms in total. The number of allylic oxidation sites excluding steroid dienone is 1. The Bertz CT molecular complexity index is 859. The van der Waals surface area contributed by atoms with E-state index in [2.05, 4.69) is 29.3 Å². The summed E-state index contributed by atoms with van der Waals surface area (Å²) in [6.45, 7) is 4.06. The molecule has 2 bridgehead atoms. The van der Waals surface area contributed by atoms with Gasteiger partial charge in [0.2, 0.25) is 0 Å². The first-order chi connectivity index (χ1) is 12.1. The molecule has 4 aliphatic rings. The molecule has 3 aliphatic heterocycles. The van der Waals surface area contributed by atoms with Crippen LogP contribution in [0.15, 0.2) is 41.1 Å². The van der Waals surface area contributed by atoms with E-state index in [1.807, 2.05) is 12.1 Å². The molecule has 1 spiro atoms. The van der Waals surface area contributed by atoms with Crippen LogP contribution in [0.3, 0.4) is 0 Å². The number of nitrogens with zero attached hydrogens (tertiary/aromatic N) is 1. The number of hydrogen-bond acceptors (Lipinski definition) is 4. The van der Waals surface area contributed by atoms with Gasteiger partial charge in [-0.15, -0.1) is 0 Å². The van der Waals surface area contributed by atoms with Crippen LogP contribution in [0.1, 0.15) is 25.3 Å². The highest BCUT2D eigenvalue weighted by Gasteiger charge is 2.62. The van der Waals surface area contributed by atoms with Crippen molar-refractivity contribution in [2.75, 3.05) is 25.5 Å². The predicted molar refractivity (Wildman–Crippen MR) is 97.6 cm³/mol. The maximum Gasteiger partial charge on any atom is 0.336 e. The van der Waals surface area contributed by atoms with Crippen molar-refractivity contribution in [3.05, 3.63) is 51.7 Å². The second-order valence-electron chi connectivity index (χ2n) is 7.45. The molecule has 0 saturated carbocycles. The van der Waals surface area contributed by atoms with Gasteiger partial charge < -0.3 is 10.1 Å². The van der Waals surface area contributed by atoms with E-state index in [0.717, 1.165) is 47.9 Å². The molecule has 0 aromatic heterocycles. The zero-order valence-corrected chi connectivity index (χ0v) is 15.2. The Morgan fingerprint density at radius 1 is 1.48 bits per heavy atom. The first-order valence-corrected chi connectivity index (χ1v) is 9.27. The number of rotatable bonds is 1. The fraction of sp³-hybridized carbons (Fsp3) is 0.450. The van der Waals surface area contributed by atoms with Gasteiger partial charge >= 0.3 is 5.97 Å². The van der Waals surface area contributed by atoms with E-state index in [0.29, 0.717) is 6.04 Å². The molecule has 25 heavy (non-hydrogen) atoms. The van der Waals surface area contributed by atoms with E-state index in [1.165, 1.54) is 18.2 Å². The van der Waals surface area contributed by atoms with Crippen LogP contribution in [0.4, 0.5) is 5.69 Å². The number of nitrogens with one attached hydrogen (secondary N) is 1. The average molecular weight is 357 g/mol. The van der Waals surface area contributed by atoms with E-state index in [4.69, 9.17) is 16.3 Å². The van der Waals surface area contributed by atoms with Crippen molar-refractivity contribution in [2.24, 2.45) is 5.92 Å². The van der Waals surface area contributed by atoms with Crippen molar-refractivity contribution < 1.29 is 9.53 Å². The van der Waals surface area contributed by atoms with Crippen molar-refractivity contribution in [1.82, 2.24) is 4.90 Å². The molecule has 2 saturated heterocycles. The third-order valence-corrected chi connectivity index (χ3v) is 6.89. The van der Waals surface area contributed by atoms with Crippen molar-refractivity contribution in [3.8, 4) is 0 Å².